The minimum atomic E-state index is 0.336. The molecule has 0 aliphatic rings. The molecule has 0 rings (SSSR count). The van der Waals surface area contributed by atoms with Crippen molar-refractivity contribution >= 4 is 158 Å². The summed E-state index contributed by atoms with van der Waals surface area (Å²) in [7, 11) is 0. The van der Waals surface area contributed by atoms with E-state index in [0.717, 1.165) is 10.8 Å². The van der Waals surface area contributed by atoms with Crippen molar-refractivity contribution in [3.8, 4) is 0 Å². The first-order valence-corrected chi connectivity index (χ1v) is 25.7. The number of aliphatic hydroxyl groups is 1. The molecule has 0 aliphatic carbocycles. The van der Waals surface area contributed by atoms with Gasteiger partial charge in [0.1, 0.15) is 0 Å². The molecule has 0 atom stereocenters. The first-order valence-electron chi connectivity index (χ1n) is 15.0. The van der Waals surface area contributed by atoms with Crippen molar-refractivity contribution in [2.45, 2.75) is 143 Å². The van der Waals surface area contributed by atoms with Crippen LogP contribution in [0.5, 0.6) is 0 Å². The number of rotatable bonds is 20. The first-order chi connectivity index (χ1) is 18.5. The highest BCUT2D eigenvalue weighted by Crippen LogP contribution is 2.10. The van der Waals surface area contributed by atoms with Gasteiger partial charge >= 0.3 is 0 Å². The second-order valence-corrected chi connectivity index (χ2v) is 16.4. The Labute approximate surface area is 338 Å². The minimum absolute atomic E-state index is 0.336. The molecule has 0 aromatic rings. The van der Waals surface area contributed by atoms with Crippen molar-refractivity contribution in [1.82, 2.24) is 0 Å². The van der Waals surface area contributed by atoms with Crippen LogP contribution in [0.3, 0.4) is 0 Å². The van der Waals surface area contributed by atoms with Crippen molar-refractivity contribution in [3.05, 3.63) is 0 Å². The highest BCUT2D eigenvalue weighted by atomic mass is 127. The van der Waals surface area contributed by atoms with Crippen LogP contribution in [0.2, 0.25) is 0 Å². The zero-order valence-electron chi connectivity index (χ0n) is 25.5. The third-order valence-corrected chi connectivity index (χ3v) is 9.37. The lowest BCUT2D eigenvalue weighted by molar-refractivity contribution is 0.297. The van der Waals surface area contributed by atoms with Gasteiger partial charge in [-0.15, -0.1) is 0 Å². The molecule has 0 saturated carbocycles. The normalized spacial score (nSPS) is 9.16. The summed E-state index contributed by atoms with van der Waals surface area (Å²) in [6.07, 6.45) is 25.2. The van der Waals surface area contributed by atoms with E-state index < -0.39 is 0 Å². The van der Waals surface area contributed by atoms with Crippen LogP contribution in [0.4, 0.5) is 0 Å². The summed E-state index contributed by atoms with van der Waals surface area (Å²) < 4.78 is 8.89. The van der Waals surface area contributed by atoms with Crippen molar-refractivity contribution in [2.24, 2.45) is 0 Å². The van der Waals surface area contributed by atoms with Gasteiger partial charge in [-0.05, 0) is 65.1 Å². The van der Waals surface area contributed by atoms with Gasteiger partial charge in [0.15, 0.2) is 0 Å². The van der Waals surface area contributed by atoms with Crippen molar-refractivity contribution < 1.29 is 5.11 Å². The van der Waals surface area contributed by atoms with Gasteiger partial charge in [-0.3, -0.25) is 0 Å². The van der Waals surface area contributed by atoms with Crippen LogP contribution in [0.1, 0.15) is 143 Å². The zero-order chi connectivity index (χ0) is 30.4. The van der Waals surface area contributed by atoms with E-state index in [1.165, 1.54) is 136 Å². The van der Waals surface area contributed by atoms with Crippen molar-refractivity contribution in [2.75, 3.05) is 37.6 Å². The van der Waals surface area contributed by atoms with E-state index in [4.69, 9.17) is 5.11 Å². The number of hydrogen-bond donors (Lipinski definition) is 1. The average molecular weight is 1330 g/mol. The monoisotopic (exact) mass is 1330 g/mol. The summed E-state index contributed by atoms with van der Waals surface area (Å²) in [4.78, 5) is 0. The molecule has 0 saturated heterocycles. The maximum atomic E-state index is 8.06. The standard InChI is InChI=1S/C12H25I.C6H13I.C4H8I2.C3H7IO.C3H7I.C2H5I/c1-2-3-4-5-6-7-8-9-10-11-12-13;1-2-3-4-5-6-7;5-3-1-2-4-6;4-2-1-3-5;1-2-3-4;1-2-3/h2-12H2,1H3;2-6H2,1H3;1-4H2;5H,1-3H2;2-3H2,1H3;2H2,1H3. The van der Waals surface area contributed by atoms with Crippen LogP contribution >= 0.6 is 158 Å². The van der Waals surface area contributed by atoms with E-state index in [-0.39, 0.29) is 0 Å². The molecule has 0 aromatic heterocycles. The van der Waals surface area contributed by atoms with Crippen LogP contribution in [-0.2, 0) is 0 Å². The average Bonchev–Trinajstić information content (AvgIpc) is 2.93. The highest BCUT2D eigenvalue weighted by Gasteiger charge is 1.91. The van der Waals surface area contributed by atoms with Crippen LogP contribution in [0.25, 0.3) is 0 Å². The fraction of sp³-hybridized carbons (Fsp3) is 1.00. The van der Waals surface area contributed by atoms with E-state index in [0.29, 0.717) is 6.61 Å². The summed E-state index contributed by atoms with van der Waals surface area (Å²) in [6.45, 7) is 9.15. The first kappa shape index (κ1) is 55.5. The number of hydrogen-bond acceptors (Lipinski definition) is 1. The Kier molecular flexibility index (Phi) is 107. The second-order valence-electron chi connectivity index (χ2n) is 8.43. The topological polar surface area (TPSA) is 20.2 Å². The van der Waals surface area contributed by atoms with Gasteiger partial charge < -0.3 is 5.11 Å². The molecular formula is C30H65I7O. The van der Waals surface area contributed by atoms with Gasteiger partial charge in [0.2, 0.25) is 0 Å². The lowest BCUT2D eigenvalue weighted by Crippen LogP contribution is -1.81. The fourth-order valence-electron chi connectivity index (χ4n) is 2.35. The lowest BCUT2D eigenvalue weighted by atomic mass is 10.1. The summed E-state index contributed by atoms with van der Waals surface area (Å²) in [5.74, 6) is 0. The van der Waals surface area contributed by atoms with Gasteiger partial charge in [0.05, 0.1) is 0 Å². The van der Waals surface area contributed by atoms with Crippen LogP contribution in [-0.4, -0.2) is 42.7 Å². The molecule has 0 aromatic carbocycles. The number of unbranched alkanes of at least 4 members (excludes halogenated alkanes) is 13. The lowest BCUT2D eigenvalue weighted by Gasteiger charge is -2.00. The molecule has 0 radical (unpaired) electrons. The molecule has 240 valence electrons. The minimum Gasteiger partial charge on any atom is -0.396 e. The Balaban J connectivity index is -0.0000000877. The smallest absolute Gasteiger partial charge is 0.0438 e. The third-order valence-electron chi connectivity index (χ3n) is 4.47. The Hall–Kier alpha value is 5.07. The Bertz CT molecular complexity index is 255. The SMILES string of the molecule is CCCCCCCCCCCCI.CCCCCCI.CCCI.CCI.ICCCCI.OCCCI. The Morgan fingerprint density at radius 2 is 0.526 bits per heavy atom. The third kappa shape index (κ3) is 105. The Morgan fingerprint density at radius 3 is 0.711 bits per heavy atom. The number of alkyl halides is 7. The van der Waals surface area contributed by atoms with E-state index in [2.05, 4.69) is 186 Å². The molecule has 38 heavy (non-hydrogen) atoms. The van der Waals surface area contributed by atoms with E-state index in [1.54, 1.807) is 0 Å². The molecule has 0 amide bonds. The van der Waals surface area contributed by atoms with Crippen LogP contribution in [0, 0.1) is 0 Å². The van der Waals surface area contributed by atoms with Crippen LogP contribution in [0.15, 0.2) is 0 Å². The summed E-state index contributed by atoms with van der Waals surface area (Å²) in [5, 5.41) is 8.06. The predicted octanol–water partition coefficient (Wildman–Crippen LogP) is 15.1. The van der Waals surface area contributed by atoms with Gasteiger partial charge in [-0.2, -0.15) is 0 Å². The highest BCUT2D eigenvalue weighted by molar-refractivity contribution is 14.1. The molecule has 0 heterocycles. The zero-order valence-corrected chi connectivity index (χ0v) is 40.6. The number of aliphatic hydroxyl groups excluding tert-OH is 1. The molecule has 1 nitrogen and oxygen atoms in total. The van der Waals surface area contributed by atoms with Crippen molar-refractivity contribution in [3.63, 3.8) is 0 Å². The maximum absolute atomic E-state index is 8.06. The van der Waals surface area contributed by atoms with Gasteiger partial charge in [-0.25, -0.2) is 0 Å². The second kappa shape index (κ2) is 73.5. The Morgan fingerprint density at radius 1 is 0.316 bits per heavy atom. The molecule has 0 spiro atoms. The summed E-state index contributed by atoms with van der Waals surface area (Å²) in [6, 6.07) is 0. The molecule has 1 N–H and O–H groups in total. The van der Waals surface area contributed by atoms with Crippen molar-refractivity contribution in [1.29, 1.82) is 0 Å². The van der Waals surface area contributed by atoms with E-state index in [9.17, 15) is 0 Å². The van der Waals surface area contributed by atoms with E-state index in [1.807, 2.05) is 0 Å². The van der Waals surface area contributed by atoms with Gasteiger partial charge in [-0.1, -0.05) is 263 Å². The number of halogens is 7. The molecule has 0 fully saturated rings. The van der Waals surface area contributed by atoms with Gasteiger partial charge in [0.25, 0.3) is 0 Å². The van der Waals surface area contributed by atoms with E-state index >= 15 is 0 Å². The van der Waals surface area contributed by atoms with Crippen LogP contribution < -0.4 is 0 Å². The fourth-order valence-corrected chi connectivity index (χ4v) is 4.85. The maximum Gasteiger partial charge on any atom is 0.0438 e. The summed E-state index contributed by atoms with van der Waals surface area (Å²) >= 11 is 16.6. The molecular weight excluding hydrogens is 1260 g/mol. The molecule has 0 bridgehead atoms. The predicted molar refractivity (Wildman–Crippen MR) is 245 cm³/mol. The summed E-state index contributed by atoms with van der Waals surface area (Å²) in [5.41, 5.74) is 0. The van der Waals surface area contributed by atoms with Gasteiger partial charge in [0, 0.05) is 11.0 Å². The molecule has 0 aliphatic heterocycles. The quantitative estimate of drug-likeness (QED) is 0.0732. The molecule has 0 unspecified atom stereocenters. The largest absolute Gasteiger partial charge is 0.396 e. The molecule has 8 heteroatoms.